The van der Waals surface area contributed by atoms with Crippen molar-refractivity contribution in [3.8, 4) is 44.5 Å². The first-order valence-corrected chi connectivity index (χ1v) is 23.4. The average molecular weight is 873 g/mol. The van der Waals surface area contributed by atoms with Crippen molar-refractivity contribution in [3.63, 3.8) is 0 Å². The Kier molecular flexibility index (Phi) is 8.38. The van der Waals surface area contributed by atoms with Gasteiger partial charge in [0.2, 0.25) is 0 Å². The largest absolute Gasteiger partial charge is 0.456 e. The summed E-state index contributed by atoms with van der Waals surface area (Å²) in [5.41, 5.74) is 15.8. The number of fused-ring (bicyclic) bond motifs is 14. The second-order valence-electron chi connectivity index (χ2n) is 17.5. The molecule has 15 aromatic rings. The van der Waals surface area contributed by atoms with E-state index in [9.17, 15) is 0 Å². The first kappa shape index (κ1) is 38.4. The Morgan fingerprint density at radius 3 is 0.941 bits per heavy atom. The monoisotopic (exact) mass is 872 g/mol. The van der Waals surface area contributed by atoms with Gasteiger partial charge in [-0.05, 0) is 104 Å². The molecule has 0 aliphatic heterocycles. The SMILES string of the molecule is CC.c1ccc2c(c1)oc1ccc(-c3ccc4c(-c5cccc6c5oc5ccccc56)c5cc(-c6ccc7oc8ccccc8c7c6)ccc5c(-c5cccc6c5oc5ccccc56)c4c3)cc12. The molecule has 0 spiro atoms. The van der Waals surface area contributed by atoms with Crippen LogP contribution < -0.4 is 0 Å². The molecule has 0 aliphatic rings. The van der Waals surface area contributed by atoms with Crippen LogP contribution in [0, 0.1) is 0 Å². The predicted molar refractivity (Wildman–Crippen MR) is 284 cm³/mol. The Labute approximate surface area is 389 Å². The van der Waals surface area contributed by atoms with Crippen LogP contribution in [0.3, 0.4) is 0 Å². The van der Waals surface area contributed by atoms with E-state index in [1.165, 1.54) is 0 Å². The van der Waals surface area contributed by atoms with Gasteiger partial charge in [0.15, 0.2) is 0 Å². The Morgan fingerprint density at radius 1 is 0.221 bits per heavy atom. The standard InChI is InChI=1S/C62H34O4.C2H6/c1-7-21-55-39(11-1)45-15-9-17-47(61(45)65-55)59-43-27-23-36(38-26-30-58-50(32-38)42-14-4-6-20-54(42)64-58)34-52(43)60(48-18-10-16-46-40-12-2-8-22-56(40)66-62(46)48)44-28-24-35(33-51(44)59)37-25-29-57-49(31-37)41-13-3-5-19-53(41)63-57;1-2/h1-34H;1-2H3. The molecule has 320 valence electrons. The third kappa shape index (κ3) is 5.61. The molecule has 0 fully saturated rings. The number of hydrogen-bond acceptors (Lipinski definition) is 4. The van der Waals surface area contributed by atoms with Crippen molar-refractivity contribution in [1.29, 1.82) is 0 Å². The van der Waals surface area contributed by atoms with Crippen LogP contribution in [0.25, 0.3) is 154 Å². The van der Waals surface area contributed by atoms with Gasteiger partial charge in [0.1, 0.15) is 44.7 Å². The fraction of sp³-hybridized carbons (Fsp3) is 0.0312. The molecule has 0 atom stereocenters. The van der Waals surface area contributed by atoms with Gasteiger partial charge in [0, 0.05) is 65.3 Å². The van der Waals surface area contributed by atoms with E-state index in [-0.39, 0.29) is 0 Å². The van der Waals surface area contributed by atoms with Gasteiger partial charge in [-0.3, -0.25) is 0 Å². The van der Waals surface area contributed by atoms with Crippen LogP contribution in [0.15, 0.2) is 224 Å². The molecule has 0 saturated heterocycles. The van der Waals surface area contributed by atoms with Crippen LogP contribution in [0.2, 0.25) is 0 Å². The first-order valence-electron chi connectivity index (χ1n) is 23.4. The van der Waals surface area contributed by atoms with E-state index in [1.54, 1.807) is 0 Å². The summed E-state index contributed by atoms with van der Waals surface area (Å²) < 4.78 is 26.3. The lowest BCUT2D eigenvalue weighted by Gasteiger charge is -2.20. The van der Waals surface area contributed by atoms with Crippen molar-refractivity contribution in [1.82, 2.24) is 0 Å². The van der Waals surface area contributed by atoms with E-state index in [2.05, 4.69) is 170 Å². The van der Waals surface area contributed by atoms with Gasteiger partial charge in [-0.2, -0.15) is 0 Å². The van der Waals surface area contributed by atoms with E-state index in [1.807, 2.05) is 50.2 Å². The lowest BCUT2D eigenvalue weighted by atomic mass is 9.83. The van der Waals surface area contributed by atoms with Crippen molar-refractivity contribution >= 4 is 109 Å². The summed E-state index contributed by atoms with van der Waals surface area (Å²) in [5, 5.41) is 13.3. The number of furan rings is 4. The minimum Gasteiger partial charge on any atom is -0.456 e. The molecular formula is C64H40O4. The maximum atomic E-state index is 6.86. The summed E-state index contributed by atoms with van der Waals surface area (Å²) in [5.74, 6) is 0. The highest BCUT2D eigenvalue weighted by molar-refractivity contribution is 6.27. The van der Waals surface area contributed by atoms with Crippen LogP contribution >= 0.6 is 0 Å². The quantitative estimate of drug-likeness (QED) is 0.165. The smallest absolute Gasteiger partial charge is 0.143 e. The molecule has 4 heteroatoms. The molecule has 68 heavy (non-hydrogen) atoms. The predicted octanol–water partition coefficient (Wildman–Crippen LogP) is 19.3. The molecule has 0 saturated carbocycles. The van der Waals surface area contributed by atoms with Gasteiger partial charge >= 0.3 is 0 Å². The molecule has 15 rings (SSSR count). The van der Waals surface area contributed by atoms with Crippen molar-refractivity contribution in [2.45, 2.75) is 13.8 Å². The first-order chi connectivity index (χ1) is 33.7. The zero-order valence-electron chi connectivity index (χ0n) is 37.3. The van der Waals surface area contributed by atoms with Crippen molar-refractivity contribution in [3.05, 3.63) is 206 Å². The molecule has 0 aliphatic carbocycles. The molecule has 0 bridgehead atoms. The van der Waals surface area contributed by atoms with E-state index < -0.39 is 0 Å². The van der Waals surface area contributed by atoms with Gasteiger partial charge in [-0.25, -0.2) is 0 Å². The number of rotatable bonds is 4. The van der Waals surface area contributed by atoms with Crippen LogP contribution in [0.4, 0.5) is 0 Å². The summed E-state index contributed by atoms with van der Waals surface area (Å²) in [6.45, 7) is 4.00. The topological polar surface area (TPSA) is 52.6 Å². The maximum absolute atomic E-state index is 6.86. The summed E-state index contributed by atoms with van der Waals surface area (Å²) in [4.78, 5) is 0. The normalized spacial score (nSPS) is 12.0. The van der Waals surface area contributed by atoms with E-state index in [0.717, 1.165) is 154 Å². The summed E-state index contributed by atoms with van der Waals surface area (Å²) in [6.07, 6.45) is 0. The van der Waals surface area contributed by atoms with Crippen LogP contribution in [-0.2, 0) is 0 Å². The van der Waals surface area contributed by atoms with E-state index in [4.69, 9.17) is 17.7 Å². The molecule has 4 nitrogen and oxygen atoms in total. The van der Waals surface area contributed by atoms with Crippen LogP contribution in [0.5, 0.6) is 0 Å². The van der Waals surface area contributed by atoms with Gasteiger partial charge in [-0.1, -0.05) is 159 Å². The molecule has 0 amide bonds. The van der Waals surface area contributed by atoms with Crippen molar-refractivity contribution < 1.29 is 17.7 Å². The Morgan fingerprint density at radius 2 is 0.529 bits per heavy atom. The van der Waals surface area contributed by atoms with Crippen LogP contribution in [0.1, 0.15) is 13.8 Å². The second-order valence-corrected chi connectivity index (χ2v) is 17.5. The third-order valence-corrected chi connectivity index (χ3v) is 13.9. The number of hydrogen-bond donors (Lipinski definition) is 0. The highest BCUT2D eigenvalue weighted by atomic mass is 16.3. The highest BCUT2D eigenvalue weighted by Crippen LogP contribution is 2.50. The van der Waals surface area contributed by atoms with Crippen molar-refractivity contribution in [2.24, 2.45) is 0 Å². The molecule has 11 aromatic carbocycles. The van der Waals surface area contributed by atoms with Gasteiger partial charge in [0.05, 0.1) is 0 Å². The molecule has 0 N–H and O–H groups in total. The molecule has 0 unspecified atom stereocenters. The minimum atomic E-state index is 0.867. The maximum Gasteiger partial charge on any atom is 0.143 e. The van der Waals surface area contributed by atoms with Gasteiger partial charge in [-0.15, -0.1) is 0 Å². The van der Waals surface area contributed by atoms with Gasteiger partial charge < -0.3 is 17.7 Å². The molecular weight excluding hydrogens is 833 g/mol. The van der Waals surface area contributed by atoms with Gasteiger partial charge in [0.25, 0.3) is 0 Å². The zero-order chi connectivity index (χ0) is 45.0. The molecule has 4 aromatic heterocycles. The fourth-order valence-corrected chi connectivity index (χ4v) is 10.9. The van der Waals surface area contributed by atoms with E-state index in [0.29, 0.717) is 0 Å². The lowest BCUT2D eigenvalue weighted by molar-refractivity contribution is 0.668. The Balaban J connectivity index is 0.00000216. The zero-order valence-corrected chi connectivity index (χ0v) is 37.3. The molecule has 4 heterocycles. The van der Waals surface area contributed by atoms with Crippen LogP contribution in [-0.4, -0.2) is 0 Å². The molecule has 0 radical (unpaired) electrons. The Bertz CT molecular complexity index is 4240. The minimum absolute atomic E-state index is 0.867. The summed E-state index contributed by atoms with van der Waals surface area (Å²) in [7, 11) is 0. The second kappa shape index (κ2) is 14.8. The average Bonchev–Trinajstić information content (AvgIpc) is 4.18. The number of benzene rings is 11. The third-order valence-electron chi connectivity index (χ3n) is 13.9. The van der Waals surface area contributed by atoms with Crippen molar-refractivity contribution in [2.75, 3.05) is 0 Å². The van der Waals surface area contributed by atoms with E-state index >= 15 is 0 Å². The lowest BCUT2D eigenvalue weighted by Crippen LogP contribution is -1.93. The number of para-hydroxylation sites is 6. The Hall–Kier alpha value is -8.86. The summed E-state index contributed by atoms with van der Waals surface area (Å²) in [6, 6.07) is 73.4. The highest BCUT2D eigenvalue weighted by Gasteiger charge is 2.24. The summed E-state index contributed by atoms with van der Waals surface area (Å²) >= 11 is 0. The fourth-order valence-electron chi connectivity index (χ4n) is 10.9.